The standard InChI is InChI=1S/C22H22O3.C4H10/c1-22(2,3)16-4-8-18(9-5-16)24-20-12-14-21(15-13-20)25-19-10-6-17(23)7-11-19;1-4(2)3/h4-15,23H,1-3H3;4H,1-3H3. The molecule has 0 fully saturated rings. The lowest BCUT2D eigenvalue weighted by Crippen LogP contribution is -2.10. The molecule has 0 saturated heterocycles. The molecule has 0 amide bonds. The zero-order valence-corrected chi connectivity index (χ0v) is 18.3. The number of phenolic OH excluding ortho intramolecular Hbond substituents is 1. The molecule has 0 aromatic heterocycles. The van der Waals surface area contributed by atoms with Crippen LogP contribution in [0.3, 0.4) is 0 Å². The number of aromatic hydroxyl groups is 1. The van der Waals surface area contributed by atoms with E-state index in [2.05, 4.69) is 53.7 Å². The highest BCUT2D eigenvalue weighted by Crippen LogP contribution is 2.29. The van der Waals surface area contributed by atoms with Crippen molar-refractivity contribution in [3.05, 3.63) is 78.4 Å². The van der Waals surface area contributed by atoms with Crippen molar-refractivity contribution < 1.29 is 14.6 Å². The molecule has 0 spiro atoms. The maximum absolute atomic E-state index is 9.29. The Balaban J connectivity index is 0.000000687. The molecule has 0 atom stereocenters. The average Bonchev–Trinajstić information content (AvgIpc) is 2.64. The van der Waals surface area contributed by atoms with Gasteiger partial charge in [0.05, 0.1) is 0 Å². The van der Waals surface area contributed by atoms with Gasteiger partial charge >= 0.3 is 0 Å². The van der Waals surface area contributed by atoms with Crippen molar-refractivity contribution in [1.29, 1.82) is 0 Å². The van der Waals surface area contributed by atoms with Crippen molar-refractivity contribution in [1.82, 2.24) is 0 Å². The van der Waals surface area contributed by atoms with Crippen LogP contribution in [0.4, 0.5) is 0 Å². The molecular formula is C26H32O3. The molecule has 3 aromatic carbocycles. The van der Waals surface area contributed by atoms with E-state index in [4.69, 9.17) is 9.47 Å². The summed E-state index contributed by atoms with van der Waals surface area (Å²) in [4.78, 5) is 0. The van der Waals surface area contributed by atoms with Crippen molar-refractivity contribution in [3.63, 3.8) is 0 Å². The van der Waals surface area contributed by atoms with Gasteiger partial charge in [-0.2, -0.15) is 0 Å². The monoisotopic (exact) mass is 392 g/mol. The molecule has 3 aromatic rings. The predicted molar refractivity (Wildman–Crippen MR) is 120 cm³/mol. The molecule has 0 radical (unpaired) electrons. The second kappa shape index (κ2) is 10.0. The van der Waals surface area contributed by atoms with Crippen LogP contribution in [0.5, 0.6) is 28.7 Å². The van der Waals surface area contributed by atoms with E-state index in [9.17, 15) is 5.11 Å². The Morgan fingerprint density at radius 1 is 0.586 bits per heavy atom. The van der Waals surface area contributed by atoms with Crippen LogP contribution < -0.4 is 9.47 Å². The van der Waals surface area contributed by atoms with E-state index < -0.39 is 0 Å². The van der Waals surface area contributed by atoms with Gasteiger partial charge < -0.3 is 14.6 Å². The summed E-state index contributed by atoms with van der Waals surface area (Å²) in [5.74, 6) is 3.99. The van der Waals surface area contributed by atoms with E-state index in [0.29, 0.717) is 11.5 Å². The first-order valence-electron chi connectivity index (χ1n) is 9.99. The Morgan fingerprint density at radius 3 is 1.17 bits per heavy atom. The van der Waals surface area contributed by atoms with Gasteiger partial charge in [-0.05, 0) is 77.6 Å². The maximum atomic E-state index is 9.29. The van der Waals surface area contributed by atoms with Crippen molar-refractivity contribution >= 4 is 0 Å². The van der Waals surface area contributed by atoms with E-state index in [1.807, 2.05) is 36.4 Å². The number of hydrogen-bond donors (Lipinski definition) is 1. The molecular weight excluding hydrogens is 360 g/mol. The third-order valence-electron chi connectivity index (χ3n) is 3.85. The molecule has 0 unspecified atom stereocenters. The van der Waals surface area contributed by atoms with Gasteiger partial charge in [-0.25, -0.2) is 0 Å². The van der Waals surface area contributed by atoms with Crippen LogP contribution in [0, 0.1) is 5.92 Å². The fourth-order valence-electron chi connectivity index (χ4n) is 2.39. The molecule has 1 N–H and O–H groups in total. The van der Waals surface area contributed by atoms with Gasteiger partial charge in [0.25, 0.3) is 0 Å². The first kappa shape index (κ1) is 22.4. The Morgan fingerprint density at radius 2 is 0.862 bits per heavy atom. The second-order valence-electron chi connectivity index (χ2n) is 8.68. The average molecular weight is 393 g/mol. The molecule has 154 valence electrons. The SMILES string of the molecule is CC(C)(C)c1ccc(Oc2ccc(Oc3ccc(O)cc3)cc2)cc1.CC(C)C. The van der Waals surface area contributed by atoms with Crippen LogP contribution >= 0.6 is 0 Å². The Labute approximate surface area is 174 Å². The van der Waals surface area contributed by atoms with Crippen molar-refractivity contribution in [2.45, 2.75) is 47.0 Å². The normalized spacial score (nSPS) is 10.9. The Bertz CT molecular complexity index is 853. The Kier molecular flexibility index (Phi) is 7.72. The zero-order valence-electron chi connectivity index (χ0n) is 18.3. The van der Waals surface area contributed by atoms with Gasteiger partial charge in [0, 0.05) is 0 Å². The number of benzene rings is 3. The summed E-state index contributed by atoms with van der Waals surface area (Å²) < 4.78 is 11.6. The third kappa shape index (κ3) is 7.90. The maximum Gasteiger partial charge on any atom is 0.127 e. The van der Waals surface area contributed by atoms with Crippen LogP contribution in [0.15, 0.2) is 72.8 Å². The minimum Gasteiger partial charge on any atom is -0.508 e. The number of phenols is 1. The van der Waals surface area contributed by atoms with Gasteiger partial charge in [0.1, 0.15) is 28.7 Å². The molecule has 0 bridgehead atoms. The van der Waals surface area contributed by atoms with E-state index in [0.717, 1.165) is 17.4 Å². The molecule has 0 heterocycles. The second-order valence-corrected chi connectivity index (χ2v) is 8.68. The summed E-state index contributed by atoms with van der Waals surface area (Å²) in [6, 6.07) is 22.2. The van der Waals surface area contributed by atoms with Crippen LogP contribution in [-0.4, -0.2) is 5.11 Å². The molecule has 3 heteroatoms. The molecule has 0 aliphatic rings. The summed E-state index contributed by atoms with van der Waals surface area (Å²) in [5.41, 5.74) is 1.41. The van der Waals surface area contributed by atoms with Crippen molar-refractivity contribution in [2.24, 2.45) is 5.92 Å². The third-order valence-corrected chi connectivity index (χ3v) is 3.85. The van der Waals surface area contributed by atoms with Gasteiger partial charge in [-0.1, -0.05) is 53.7 Å². The predicted octanol–water partition coefficient (Wildman–Crippen LogP) is 7.94. The highest BCUT2D eigenvalue weighted by molar-refractivity contribution is 5.39. The van der Waals surface area contributed by atoms with Crippen LogP contribution in [0.25, 0.3) is 0 Å². The summed E-state index contributed by atoms with van der Waals surface area (Å²) in [7, 11) is 0. The minimum absolute atomic E-state index is 0.131. The van der Waals surface area contributed by atoms with E-state index >= 15 is 0 Å². The van der Waals surface area contributed by atoms with E-state index in [-0.39, 0.29) is 11.2 Å². The number of rotatable bonds is 4. The summed E-state index contributed by atoms with van der Waals surface area (Å²) >= 11 is 0. The molecule has 0 saturated carbocycles. The highest BCUT2D eigenvalue weighted by Gasteiger charge is 2.13. The van der Waals surface area contributed by atoms with Gasteiger partial charge in [-0.3, -0.25) is 0 Å². The summed E-state index contributed by atoms with van der Waals surface area (Å²) in [6.45, 7) is 13.1. The molecule has 3 nitrogen and oxygen atoms in total. The summed E-state index contributed by atoms with van der Waals surface area (Å²) in [6.07, 6.45) is 0. The first-order valence-corrected chi connectivity index (χ1v) is 9.99. The molecule has 3 rings (SSSR count). The summed E-state index contributed by atoms with van der Waals surface area (Å²) in [5, 5.41) is 9.29. The molecule has 0 aliphatic heterocycles. The lowest BCUT2D eigenvalue weighted by molar-refractivity contribution is 0.461. The minimum atomic E-state index is 0.131. The number of ether oxygens (including phenoxy) is 2. The number of hydrogen-bond acceptors (Lipinski definition) is 3. The largest absolute Gasteiger partial charge is 0.508 e. The van der Waals surface area contributed by atoms with E-state index in [1.165, 1.54) is 5.56 Å². The van der Waals surface area contributed by atoms with Gasteiger partial charge in [0.2, 0.25) is 0 Å². The zero-order chi connectivity index (χ0) is 21.4. The van der Waals surface area contributed by atoms with Crippen molar-refractivity contribution in [2.75, 3.05) is 0 Å². The van der Waals surface area contributed by atoms with Crippen LogP contribution in [-0.2, 0) is 5.41 Å². The Hall–Kier alpha value is -2.94. The fourth-order valence-corrected chi connectivity index (χ4v) is 2.39. The van der Waals surface area contributed by atoms with Gasteiger partial charge in [0.15, 0.2) is 0 Å². The van der Waals surface area contributed by atoms with E-state index in [1.54, 1.807) is 24.3 Å². The lowest BCUT2D eigenvalue weighted by atomic mass is 9.87. The van der Waals surface area contributed by atoms with Gasteiger partial charge in [-0.15, -0.1) is 0 Å². The van der Waals surface area contributed by atoms with Crippen LogP contribution in [0.2, 0.25) is 0 Å². The first-order chi connectivity index (χ1) is 13.6. The molecule has 29 heavy (non-hydrogen) atoms. The quantitative estimate of drug-likeness (QED) is 0.490. The van der Waals surface area contributed by atoms with Crippen molar-refractivity contribution in [3.8, 4) is 28.7 Å². The topological polar surface area (TPSA) is 38.7 Å². The van der Waals surface area contributed by atoms with Crippen LogP contribution in [0.1, 0.15) is 47.1 Å². The fraction of sp³-hybridized carbons (Fsp3) is 0.308. The highest BCUT2D eigenvalue weighted by atomic mass is 16.5. The smallest absolute Gasteiger partial charge is 0.127 e. The lowest BCUT2D eigenvalue weighted by Gasteiger charge is -2.19. The molecule has 0 aliphatic carbocycles.